The van der Waals surface area contributed by atoms with Gasteiger partial charge < -0.3 is 19.5 Å². The van der Waals surface area contributed by atoms with Crippen LogP contribution in [0, 0.1) is 35.8 Å². The highest BCUT2D eigenvalue weighted by Crippen LogP contribution is 2.81. The highest BCUT2D eigenvalue weighted by Gasteiger charge is 2.82. The average molecular weight is 617 g/mol. The standard InChI is InChI=1S/C34H34F2N4O3S/c1-19-30(32(41)37-21-11-12-24(35)25(36)16-21)40-15-7-3-6-10-26(40)31(19)44-39-29-22-13-14-33(22)23(29)18-34(33,42)28-17-27(43-38-28)20-8-4-2-5-9-20/h2,4-5,8-9,11-12,16-17,22-23,29,39,42H,3,6-7,10,13-15,18H2,1H3,(H,37,41). The number of carbonyl (C=O) groups excluding carboxylic acids is 1. The predicted molar refractivity (Wildman–Crippen MR) is 163 cm³/mol. The lowest BCUT2D eigenvalue weighted by atomic mass is 9.26. The third-order valence-corrected chi connectivity index (χ3v) is 12.0. The number of hydrogen-bond acceptors (Lipinski definition) is 6. The van der Waals surface area contributed by atoms with Crippen LogP contribution in [0.3, 0.4) is 0 Å². The third-order valence-electron chi connectivity index (χ3n) is 10.9. The van der Waals surface area contributed by atoms with Crippen molar-refractivity contribution in [3.8, 4) is 11.3 Å². The first kappa shape index (κ1) is 28.0. The van der Waals surface area contributed by atoms with Gasteiger partial charge in [0.2, 0.25) is 0 Å². The number of hydrogen-bond donors (Lipinski definition) is 3. The van der Waals surface area contributed by atoms with E-state index in [2.05, 4.69) is 19.8 Å². The zero-order chi connectivity index (χ0) is 30.2. The third kappa shape index (κ3) is 3.93. The van der Waals surface area contributed by atoms with Crippen LogP contribution < -0.4 is 10.0 Å². The van der Waals surface area contributed by atoms with Gasteiger partial charge in [0.05, 0.1) is 0 Å². The van der Waals surface area contributed by atoms with Crippen molar-refractivity contribution in [1.29, 1.82) is 0 Å². The smallest absolute Gasteiger partial charge is 0.272 e. The molecule has 5 atom stereocenters. The van der Waals surface area contributed by atoms with Gasteiger partial charge >= 0.3 is 0 Å². The summed E-state index contributed by atoms with van der Waals surface area (Å²) in [6.07, 6.45) is 6.65. The Bertz CT molecular complexity index is 1770. The molecule has 44 heavy (non-hydrogen) atoms. The van der Waals surface area contributed by atoms with Crippen LogP contribution in [0.15, 0.2) is 64.0 Å². The Morgan fingerprint density at radius 3 is 2.68 bits per heavy atom. The molecule has 0 saturated heterocycles. The molecule has 1 aliphatic heterocycles. The number of fused-ring (bicyclic) bond motifs is 1. The summed E-state index contributed by atoms with van der Waals surface area (Å²) in [5.74, 6) is -0.915. The van der Waals surface area contributed by atoms with Gasteiger partial charge in [0, 0.05) is 52.0 Å². The highest BCUT2D eigenvalue weighted by atomic mass is 32.2. The van der Waals surface area contributed by atoms with Gasteiger partial charge in [0.15, 0.2) is 17.4 Å². The van der Waals surface area contributed by atoms with Crippen LogP contribution in [0.25, 0.3) is 11.3 Å². The molecule has 1 spiro atoms. The van der Waals surface area contributed by atoms with Gasteiger partial charge in [-0.25, -0.2) is 8.78 Å². The van der Waals surface area contributed by atoms with Crippen molar-refractivity contribution >= 4 is 23.5 Å². The second kappa shape index (κ2) is 10.3. The number of nitrogens with zero attached hydrogens (tertiary/aromatic N) is 2. The maximum atomic E-state index is 13.8. The summed E-state index contributed by atoms with van der Waals surface area (Å²) in [7, 11) is 0. The summed E-state index contributed by atoms with van der Waals surface area (Å²) in [6.45, 7) is 2.71. The fourth-order valence-corrected chi connectivity index (χ4v) is 9.79. The first-order valence-corrected chi connectivity index (χ1v) is 16.3. The van der Waals surface area contributed by atoms with Crippen LogP contribution in [0.1, 0.15) is 66.0 Å². The van der Waals surface area contributed by atoms with E-state index in [0.717, 1.165) is 78.9 Å². The minimum atomic E-state index is -0.996. The van der Waals surface area contributed by atoms with Crippen molar-refractivity contribution in [2.45, 2.75) is 75.0 Å². The monoisotopic (exact) mass is 616 g/mol. The van der Waals surface area contributed by atoms with E-state index < -0.39 is 17.2 Å². The molecule has 10 heteroatoms. The van der Waals surface area contributed by atoms with Crippen LogP contribution in [0.4, 0.5) is 14.5 Å². The van der Waals surface area contributed by atoms with E-state index in [1.807, 2.05) is 43.3 Å². The molecular weight excluding hydrogens is 582 g/mol. The number of benzene rings is 2. The number of aliphatic hydroxyl groups is 1. The number of nitrogens with one attached hydrogen (secondary N) is 2. The lowest BCUT2D eigenvalue weighted by Gasteiger charge is -2.80. The molecule has 3 saturated carbocycles. The zero-order valence-corrected chi connectivity index (χ0v) is 25.2. The Kier molecular flexibility index (Phi) is 6.55. The molecule has 2 aromatic heterocycles. The van der Waals surface area contributed by atoms with E-state index >= 15 is 0 Å². The topological polar surface area (TPSA) is 92.3 Å². The van der Waals surface area contributed by atoms with Crippen LogP contribution in [0.5, 0.6) is 0 Å². The van der Waals surface area contributed by atoms with Gasteiger partial charge in [-0.15, -0.1) is 0 Å². The van der Waals surface area contributed by atoms with Crippen molar-refractivity contribution in [3.63, 3.8) is 0 Å². The number of anilines is 1. The Labute approximate surface area is 258 Å². The second-order valence-electron chi connectivity index (χ2n) is 12.8. The van der Waals surface area contributed by atoms with Gasteiger partial charge in [0.1, 0.15) is 17.0 Å². The van der Waals surface area contributed by atoms with Gasteiger partial charge in [-0.1, -0.05) is 41.9 Å². The molecule has 7 nitrogen and oxygen atoms in total. The van der Waals surface area contributed by atoms with Crippen LogP contribution in [-0.2, 0) is 18.6 Å². The van der Waals surface area contributed by atoms with Crippen LogP contribution >= 0.6 is 11.9 Å². The van der Waals surface area contributed by atoms with E-state index in [1.165, 1.54) is 6.07 Å². The van der Waals surface area contributed by atoms with Gasteiger partial charge in [-0.2, -0.15) is 0 Å². The Morgan fingerprint density at radius 1 is 1.09 bits per heavy atom. The minimum Gasteiger partial charge on any atom is -0.383 e. The minimum absolute atomic E-state index is 0.168. The van der Waals surface area contributed by atoms with E-state index in [4.69, 9.17) is 4.52 Å². The highest BCUT2D eigenvalue weighted by molar-refractivity contribution is 7.97. The predicted octanol–water partition coefficient (Wildman–Crippen LogP) is 6.99. The second-order valence-corrected chi connectivity index (χ2v) is 13.7. The molecule has 0 bridgehead atoms. The molecule has 2 aromatic carbocycles. The SMILES string of the molecule is Cc1c(SNC2C3CCC34C2CC4(O)c2cc(-c3ccccc3)on2)c2n(c1C(=O)Nc1ccc(F)c(F)c1)CCCCC2. The van der Waals surface area contributed by atoms with E-state index in [9.17, 15) is 18.7 Å². The lowest BCUT2D eigenvalue weighted by Crippen LogP contribution is -2.84. The number of halogens is 2. The molecule has 4 aromatic rings. The molecule has 3 fully saturated rings. The maximum absolute atomic E-state index is 13.8. The van der Waals surface area contributed by atoms with Gasteiger partial charge in [-0.05, 0) is 86.9 Å². The fourth-order valence-electron chi connectivity index (χ4n) is 8.62. The molecule has 3 N–H and O–H groups in total. The van der Waals surface area contributed by atoms with Crippen molar-refractivity contribution in [3.05, 3.63) is 88.9 Å². The molecule has 3 heterocycles. The van der Waals surface area contributed by atoms with E-state index in [-0.39, 0.29) is 23.1 Å². The first-order chi connectivity index (χ1) is 21.3. The van der Waals surface area contributed by atoms with Crippen LogP contribution in [0.2, 0.25) is 0 Å². The molecule has 5 unspecified atom stereocenters. The first-order valence-electron chi connectivity index (χ1n) is 15.5. The summed E-state index contributed by atoms with van der Waals surface area (Å²) >= 11 is 1.60. The van der Waals surface area contributed by atoms with E-state index in [1.54, 1.807) is 11.9 Å². The zero-order valence-electron chi connectivity index (χ0n) is 24.4. The van der Waals surface area contributed by atoms with Crippen molar-refractivity contribution in [2.75, 3.05) is 5.32 Å². The molecule has 4 aliphatic rings. The molecule has 8 rings (SSSR count). The van der Waals surface area contributed by atoms with Gasteiger partial charge in [-0.3, -0.25) is 9.52 Å². The number of amides is 1. The lowest BCUT2D eigenvalue weighted by molar-refractivity contribution is -0.367. The quantitative estimate of drug-likeness (QED) is 0.194. The molecule has 0 radical (unpaired) electrons. The van der Waals surface area contributed by atoms with E-state index in [0.29, 0.717) is 35.4 Å². The summed E-state index contributed by atoms with van der Waals surface area (Å²) in [6, 6.07) is 15.4. The Morgan fingerprint density at radius 2 is 1.93 bits per heavy atom. The van der Waals surface area contributed by atoms with Crippen LogP contribution in [-0.4, -0.2) is 26.8 Å². The van der Waals surface area contributed by atoms with Crippen molar-refractivity contribution in [2.24, 2.45) is 17.3 Å². The summed E-state index contributed by atoms with van der Waals surface area (Å²) in [4.78, 5) is 14.6. The molecule has 3 aliphatic carbocycles. The number of aromatic nitrogens is 2. The largest absolute Gasteiger partial charge is 0.383 e. The van der Waals surface area contributed by atoms with Crippen molar-refractivity contribution in [1.82, 2.24) is 14.4 Å². The Balaban J connectivity index is 1.01. The molecule has 1 amide bonds. The average Bonchev–Trinajstić information content (AvgIpc) is 3.51. The van der Waals surface area contributed by atoms with Gasteiger partial charge in [0.25, 0.3) is 5.91 Å². The fraction of sp³-hybridized carbons (Fsp3) is 0.412. The normalized spacial score (nSPS) is 28.4. The maximum Gasteiger partial charge on any atom is 0.272 e. The summed E-state index contributed by atoms with van der Waals surface area (Å²) in [5, 5.41) is 19.0. The molecular formula is C34H34F2N4O3S. The summed E-state index contributed by atoms with van der Waals surface area (Å²) < 4.78 is 38.8. The molecule has 228 valence electrons. The number of rotatable bonds is 7. The number of carbonyl (C=O) groups is 1. The summed E-state index contributed by atoms with van der Waals surface area (Å²) in [5.41, 5.74) is 3.26. The Hall–Kier alpha value is -3.47. The van der Waals surface area contributed by atoms with Crippen molar-refractivity contribution < 1.29 is 23.2 Å².